The fraction of sp³-hybridized carbons (Fsp3) is 0.923. The summed E-state index contributed by atoms with van der Waals surface area (Å²) >= 11 is 0. The van der Waals surface area contributed by atoms with E-state index in [9.17, 15) is 4.79 Å². The standard InChI is InChI=1S/C13H24N2O2/c14-12-7-3-1-2-6-11(12)13(16)15-10-5-4-8-17-9-10/h10-12H,1-9,14H2,(H,15,16). The minimum Gasteiger partial charge on any atom is -0.379 e. The van der Waals surface area contributed by atoms with Crippen molar-refractivity contribution in [3.63, 3.8) is 0 Å². The maximum absolute atomic E-state index is 12.2. The minimum atomic E-state index is 0.0134. The lowest BCUT2D eigenvalue weighted by atomic mass is 9.94. The molecular formula is C13H24N2O2. The Bertz CT molecular complexity index is 252. The largest absolute Gasteiger partial charge is 0.379 e. The fourth-order valence-corrected chi connectivity index (χ4v) is 2.82. The molecule has 17 heavy (non-hydrogen) atoms. The normalized spacial score (nSPS) is 35.0. The number of amides is 1. The summed E-state index contributed by atoms with van der Waals surface area (Å²) in [5.74, 6) is 0.161. The first-order valence-electron chi connectivity index (χ1n) is 6.91. The van der Waals surface area contributed by atoms with Crippen molar-refractivity contribution in [2.24, 2.45) is 11.7 Å². The van der Waals surface area contributed by atoms with Crippen molar-refractivity contribution in [1.29, 1.82) is 0 Å². The number of nitrogens with two attached hydrogens (primary N) is 1. The SMILES string of the molecule is NC1CCCCCC1C(=O)NC1CCCOC1. The summed E-state index contributed by atoms with van der Waals surface area (Å²) in [4.78, 5) is 12.2. The fourth-order valence-electron chi connectivity index (χ4n) is 2.82. The first-order valence-corrected chi connectivity index (χ1v) is 6.91. The molecule has 3 N–H and O–H groups in total. The Labute approximate surface area is 103 Å². The monoisotopic (exact) mass is 240 g/mol. The Balaban J connectivity index is 1.84. The highest BCUT2D eigenvalue weighted by atomic mass is 16.5. The zero-order valence-corrected chi connectivity index (χ0v) is 10.5. The Kier molecular flexibility index (Phi) is 4.80. The van der Waals surface area contributed by atoms with Crippen LogP contribution in [0.2, 0.25) is 0 Å². The number of rotatable bonds is 2. The molecule has 1 saturated heterocycles. The number of hydrogen-bond acceptors (Lipinski definition) is 3. The molecule has 1 amide bonds. The molecule has 2 aliphatic rings. The third kappa shape index (κ3) is 3.68. The zero-order valence-electron chi connectivity index (χ0n) is 10.5. The van der Waals surface area contributed by atoms with Crippen LogP contribution in [0.5, 0.6) is 0 Å². The highest BCUT2D eigenvalue weighted by molar-refractivity contribution is 5.79. The van der Waals surface area contributed by atoms with Gasteiger partial charge in [0.05, 0.1) is 18.6 Å². The summed E-state index contributed by atoms with van der Waals surface area (Å²) in [5, 5.41) is 3.10. The van der Waals surface area contributed by atoms with E-state index in [0.717, 1.165) is 45.1 Å². The van der Waals surface area contributed by atoms with Gasteiger partial charge in [0.2, 0.25) is 5.91 Å². The van der Waals surface area contributed by atoms with E-state index in [2.05, 4.69) is 5.32 Å². The molecule has 3 unspecified atom stereocenters. The van der Waals surface area contributed by atoms with E-state index in [4.69, 9.17) is 10.5 Å². The van der Waals surface area contributed by atoms with Crippen LogP contribution in [-0.2, 0) is 9.53 Å². The molecule has 1 saturated carbocycles. The van der Waals surface area contributed by atoms with Gasteiger partial charge in [-0.2, -0.15) is 0 Å². The van der Waals surface area contributed by atoms with Crippen molar-refractivity contribution in [2.75, 3.05) is 13.2 Å². The van der Waals surface area contributed by atoms with E-state index in [1.165, 1.54) is 6.42 Å². The molecule has 98 valence electrons. The maximum atomic E-state index is 12.2. The lowest BCUT2D eigenvalue weighted by Gasteiger charge is -2.27. The topological polar surface area (TPSA) is 64.4 Å². The van der Waals surface area contributed by atoms with Crippen molar-refractivity contribution in [1.82, 2.24) is 5.32 Å². The Morgan fingerprint density at radius 2 is 1.94 bits per heavy atom. The molecule has 2 rings (SSSR count). The molecule has 2 fully saturated rings. The van der Waals surface area contributed by atoms with Crippen molar-refractivity contribution < 1.29 is 9.53 Å². The first kappa shape index (κ1) is 12.8. The van der Waals surface area contributed by atoms with Gasteiger partial charge in [-0.05, 0) is 25.7 Å². The molecule has 0 aromatic carbocycles. The summed E-state index contributed by atoms with van der Waals surface area (Å²) < 4.78 is 5.38. The molecule has 4 heteroatoms. The van der Waals surface area contributed by atoms with Gasteiger partial charge in [0.25, 0.3) is 0 Å². The molecule has 1 aliphatic carbocycles. The second-order valence-electron chi connectivity index (χ2n) is 5.33. The van der Waals surface area contributed by atoms with Gasteiger partial charge in [-0.15, -0.1) is 0 Å². The molecular weight excluding hydrogens is 216 g/mol. The lowest BCUT2D eigenvalue weighted by molar-refractivity contribution is -0.127. The Hall–Kier alpha value is -0.610. The number of carbonyl (C=O) groups excluding carboxylic acids is 1. The molecule has 0 aromatic rings. The van der Waals surface area contributed by atoms with Crippen LogP contribution in [0, 0.1) is 5.92 Å². The molecule has 3 atom stereocenters. The van der Waals surface area contributed by atoms with Gasteiger partial charge in [0, 0.05) is 12.6 Å². The third-order valence-corrected chi connectivity index (χ3v) is 3.91. The molecule has 0 spiro atoms. The van der Waals surface area contributed by atoms with Crippen LogP contribution in [0.3, 0.4) is 0 Å². The van der Waals surface area contributed by atoms with Crippen LogP contribution >= 0.6 is 0 Å². The second-order valence-corrected chi connectivity index (χ2v) is 5.33. The quantitative estimate of drug-likeness (QED) is 0.713. The lowest BCUT2D eigenvalue weighted by Crippen LogP contribution is -2.47. The van der Waals surface area contributed by atoms with E-state index in [0.29, 0.717) is 6.61 Å². The Morgan fingerprint density at radius 1 is 1.12 bits per heavy atom. The van der Waals surface area contributed by atoms with E-state index in [1.807, 2.05) is 0 Å². The second kappa shape index (κ2) is 6.36. The van der Waals surface area contributed by atoms with Crippen molar-refractivity contribution >= 4 is 5.91 Å². The van der Waals surface area contributed by atoms with Gasteiger partial charge in [0.15, 0.2) is 0 Å². The van der Waals surface area contributed by atoms with Crippen LogP contribution in [0.15, 0.2) is 0 Å². The predicted molar refractivity (Wildman–Crippen MR) is 66.5 cm³/mol. The third-order valence-electron chi connectivity index (χ3n) is 3.91. The highest BCUT2D eigenvalue weighted by Crippen LogP contribution is 2.22. The van der Waals surface area contributed by atoms with Crippen molar-refractivity contribution in [3.8, 4) is 0 Å². The molecule has 1 heterocycles. The smallest absolute Gasteiger partial charge is 0.224 e. The van der Waals surface area contributed by atoms with Crippen LogP contribution in [0.4, 0.5) is 0 Å². The molecule has 4 nitrogen and oxygen atoms in total. The van der Waals surface area contributed by atoms with E-state index >= 15 is 0 Å². The summed E-state index contributed by atoms with van der Waals surface area (Å²) in [7, 11) is 0. The van der Waals surface area contributed by atoms with Gasteiger partial charge < -0.3 is 15.8 Å². The van der Waals surface area contributed by atoms with Crippen LogP contribution < -0.4 is 11.1 Å². The summed E-state index contributed by atoms with van der Waals surface area (Å²) in [5.41, 5.74) is 6.09. The van der Waals surface area contributed by atoms with Gasteiger partial charge in [-0.25, -0.2) is 0 Å². The molecule has 0 radical (unpaired) electrons. The average Bonchev–Trinajstić information content (AvgIpc) is 2.55. The van der Waals surface area contributed by atoms with Crippen LogP contribution in [-0.4, -0.2) is 31.2 Å². The average molecular weight is 240 g/mol. The van der Waals surface area contributed by atoms with Crippen molar-refractivity contribution in [2.45, 2.75) is 57.0 Å². The zero-order chi connectivity index (χ0) is 12.1. The molecule has 0 aromatic heterocycles. The van der Waals surface area contributed by atoms with Crippen LogP contribution in [0.1, 0.15) is 44.9 Å². The van der Waals surface area contributed by atoms with E-state index < -0.39 is 0 Å². The highest BCUT2D eigenvalue weighted by Gasteiger charge is 2.28. The minimum absolute atomic E-state index is 0.0134. The Morgan fingerprint density at radius 3 is 2.71 bits per heavy atom. The maximum Gasteiger partial charge on any atom is 0.224 e. The number of carbonyl (C=O) groups is 1. The number of nitrogens with one attached hydrogen (secondary N) is 1. The number of ether oxygens (including phenoxy) is 1. The number of hydrogen-bond donors (Lipinski definition) is 2. The summed E-state index contributed by atoms with van der Waals surface area (Å²) in [6.45, 7) is 1.49. The van der Waals surface area contributed by atoms with E-state index in [-0.39, 0.29) is 23.9 Å². The molecule has 0 bridgehead atoms. The van der Waals surface area contributed by atoms with E-state index in [1.54, 1.807) is 0 Å². The summed E-state index contributed by atoms with van der Waals surface area (Å²) in [6.07, 6.45) is 7.52. The van der Waals surface area contributed by atoms with Crippen molar-refractivity contribution in [3.05, 3.63) is 0 Å². The van der Waals surface area contributed by atoms with Gasteiger partial charge >= 0.3 is 0 Å². The summed E-state index contributed by atoms with van der Waals surface area (Å²) in [6, 6.07) is 0.244. The molecule has 1 aliphatic heterocycles. The first-order chi connectivity index (χ1) is 8.27. The predicted octanol–water partition coefficient (Wildman–Crippen LogP) is 1.19. The van der Waals surface area contributed by atoms with Gasteiger partial charge in [0.1, 0.15) is 0 Å². The van der Waals surface area contributed by atoms with Gasteiger partial charge in [-0.3, -0.25) is 4.79 Å². The van der Waals surface area contributed by atoms with Gasteiger partial charge in [-0.1, -0.05) is 19.3 Å². The van der Waals surface area contributed by atoms with Crippen LogP contribution in [0.25, 0.3) is 0 Å².